The second-order valence-electron chi connectivity index (χ2n) is 6.58. The maximum atomic E-state index is 13.9. The van der Waals surface area contributed by atoms with Crippen LogP contribution in [0.5, 0.6) is 0 Å². The van der Waals surface area contributed by atoms with E-state index in [9.17, 15) is 14.0 Å². The van der Waals surface area contributed by atoms with E-state index in [1.165, 1.54) is 0 Å². The van der Waals surface area contributed by atoms with Gasteiger partial charge in [0.15, 0.2) is 0 Å². The number of unbranched alkanes of at least 4 members (excludes halogenated alkanes) is 2. The van der Waals surface area contributed by atoms with Gasteiger partial charge in [0.2, 0.25) is 0 Å². The highest BCUT2D eigenvalue weighted by atomic mass is 19.1. The van der Waals surface area contributed by atoms with Crippen LogP contribution in [-0.4, -0.2) is 30.3 Å². The summed E-state index contributed by atoms with van der Waals surface area (Å²) in [5.41, 5.74) is -0.436. The van der Waals surface area contributed by atoms with Gasteiger partial charge in [0.1, 0.15) is 11.8 Å². The highest BCUT2D eigenvalue weighted by Gasteiger charge is 2.55. The summed E-state index contributed by atoms with van der Waals surface area (Å²) in [4.78, 5) is 23.0. The topological polar surface area (TPSA) is 52.6 Å². The van der Waals surface area contributed by atoms with Gasteiger partial charge in [-0.2, -0.15) is 0 Å². The molecular weight excluding hydrogens is 287 g/mol. The molecule has 2 aliphatic rings. The van der Waals surface area contributed by atoms with Gasteiger partial charge in [0.05, 0.1) is 6.61 Å². The van der Waals surface area contributed by atoms with E-state index in [2.05, 4.69) is 6.58 Å². The maximum Gasteiger partial charge on any atom is 0.333 e. The summed E-state index contributed by atoms with van der Waals surface area (Å²) in [5, 5.41) is 0. The Morgan fingerprint density at radius 3 is 2.68 bits per heavy atom. The zero-order chi connectivity index (χ0) is 16.2. The van der Waals surface area contributed by atoms with Gasteiger partial charge in [-0.25, -0.2) is 9.18 Å². The molecule has 3 unspecified atom stereocenters. The van der Waals surface area contributed by atoms with Gasteiger partial charge in [-0.15, -0.1) is 0 Å². The molecule has 0 aromatic heterocycles. The summed E-state index contributed by atoms with van der Waals surface area (Å²) in [6, 6.07) is 0. The largest absolute Gasteiger partial charge is 0.462 e. The van der Waals surface area contributed by atoms with E-state index < -0.39 is 11.8 Å². The predicted octanol–water partition coefficient (Wildman–Crippen LogP) is 3.49. The molecule has 2 bridgehead atoms. The number of carbonyl (C=O) groups excluding carboxylic acids is 2. The van der Waals surface area contributed by atoms with Crippen molar-refractivity contribution in [1.29, 1.82) is 0 Å². The number of halogens is 1. The van der Waals surface area contributed by atoms with Crippen LogP contribution in [0.1, 0.15) is 58.3 Å². The summed E-state index contributed by atoms with van der Waals surface area (Å²) in [7, 11) is 0. The molecule has 0 radical (unpaired) electrons. The molecular formula is C17H25FO4. The predicted molar refractivity (Wildman–Crippen MR) is 79.9 cm³/mol. The first-order valence-electron chi connectivity index (χ1n) is 8.11. The molecule has 124 valence electrons. The van der Waals surface area contributed by atoms with E-state index in [0.29, 0.717) is 56.6 Å². The molecule has 0 N–H and O–H groups in total. The van der Waals surface area contributed by atoms with Crippen LogP contribution in [0.3, 0.4) is 0 Å². The molecule has 3 atom stereocenters. The molecule has 22 heavy (non-hydrogen) atoms. The van der Waals surface area contributed by atoms with E-state index in [0.717, 1.165) is 12.8 Å². The van der Waals surface area contributed by atoms with Gasteiger partial charge in [-0.1, -0.05) is 6.58 Å². The second-order valence-corrected chi connectivity index (χ2v) is 6.58. The Kier molecular flexibility index (Phi) is 5.59. The molecule has 5 heteroatoms. The molecule has 0 aliphatic heterocycles. The Morgan fingerprint density at radius 2 is 2.09 bits per heavy atom. The van der Waals surface area contributed by atoms with Gasteiger partial charge in [0, 0.05) is 12.0 Å². The fourth-order valence-corrected chi connectivity index (χ4v) is 3.40. The summed E-state index contributed by atoms with van der Waals surface area (Å²) in [5.74, 6) is -0.292. The van der Waals surface area contributed by atoms with Crippen LogP contribution in [0.4, 0.5) is 4.39 Å². The molecule has 4 nitrogen and oxygen atoms in total. The molecule has 2 fully saturated rings. The van der Waals surface area contributed by atoms with Crippen molar-refractivity contribution in [3.05, 3.63) is 12.2 Å². The van der Waals surface area contributed by atoms with Crippen molar-refractivity contribution in [2.24, 2.45) is 5.92 Å². The molecule has 0 aromatic rings. The van der Waals surface area contributed by atoms with Crippen molar-refractivity contribution in [2.75, 3.05) is 6.61 Å². The van der Waals surface area contributed by atoms with Gasteiger partial charge < -0.3 is 9.47 Å². The molecule has 2 aliphatic carbocycles. The van der Waals surface area contributed by atoms with Crippen LogP contribution in [0.2, 0.25) is 0 Å². The lowest BCUT2D eigenvalue weighted by atomic mass is 9.95. The quantitative estimate of drug-likeness (QED) is 0.391. The highest BCUT2D eigenvalue weighted by Crippen LogP contribution is 2.51. The fourth-order valence-electron chi connectivity index (χ4n) is 3.40. The first-order chi connectivity index (χ1) is 10.4. The van der Waals surface area contributed by atoms with Crippen molar-refractivity contribution in [3.63, 3.8) is 0 Å². The zero-order valence-electron chi connectivity index (χ0n) is 13.2. The third-order valence-corrected chi connectivity index (χ3v) is 4.65. The lowest BCUT2D eigenvalue weighted by Crippen LogP contribution is -2.39. The van der Waals surface area contributed by atoms with E-state index in [4.69, 9.17) is 9.47 Å². The van der Waals surface area contributed by atoms with E-state index >= 15 is 0 Å². The lowest BCUT2D eigenvalue weighted by Gasteiger charge is -2.29. The molecule has 0 spiro atoms. The third kappa shape index (κ3) is 4.08. The monoisotopic (exact) mass is 312 g/mol. The van der Waals surface area contributed by atoms with E-state index in [1.54, 1.807) is 6.92 Å². The van der Waals surface area contributed by atoms with Crippen LogP contribution in [0.15, 0.2) is 12.2 Å². The first-order valence-corrected chi connectivity index (χ1v) is 8.11. The standard InChI is InChI=1S/C17H25FO4/c1-12(2)16(20)21-9-5-3-4-6-15(19)22-17-8-7-13(11-17)10-14(17)18/h13-14H,1,3-11H2,2H3. The Bertz CT molecular complexity index is 448. The number of hydrogen-bond donors (Lipinski definition) is 0. The minimum atomic E-state index is -0.989. The van der Waals surface area contributed by atoms with Crippen LogP contribution in [0, 0.1) is 5.92 Å². The van der Waals surface area contributed by atoms with Crippen molar-refractivity contribution in [2.45, 2.75) is 70.1 Å². The van der Waals surface area contributed by atoms with Crippen LogP contribution < -0.4 is 0 Å². The van der Waals surface area contributed by atoms with Gasteiger partial charge in [-0.05, 0) is 57.8 Å². The number of rotatable bonds is 8. The SMILES string of the molecule is C=C(C)C(=O)OCCCCCC(=O)OC12CCC(CC1F)C2. The summed E-state index contributed by atoms with van der Waals surface area (Å²) in [6.45, 7) is 5.44. The number of esters is 2. The minimum Gasteiger partial charge on any atom is -0.462 e. The van der Waals surface area contributed by atoms with Crippen LogP contribution in [0.25, 0.3) is 0 Å². The minimum absolute atomic E-state index is 0.299. The van der Waals surface area contributed by atoms with Gasteiger partial charge >= 0.3 is 11.9 Å². The lowest BCUT2D eigenvalue weighted by molar-refractivity contribution is -0.165. The Hall–Kier alpha value is -1.39. The zero-order valence-corrected chi connectivity index (χ0v) is 13.2. The molecule has 2 saturated carbocycles. The summed E-state index contributed by atoms with van der Waals surface area (Å²) in [6.07, 6.45) is 4.32. The summed E-state index contributed by atoms with van der Waals surface area (Å²) < 4.78 is 24.4. The Morgan fingerprint density at radius 1 is 1.32 bits per heavy atom. The highest BCUT2D eigenvalue weighted by molar-refractivity contribution is 5.86. The smallest absolute Gasteiger partial charge is 0.333 e. The normalized spacial score (nSPS) is 29.4. The van der Waals surface area contributed by atoms with Gasteiger partial charge in [0.25, 0.3) is 0 Å². The van der Waals surface area contributed by atoms with Gasteiger partial charge in [-0.3, -0.25) is 4.79 Å². The molecule has 0 heterocycles. The first kappa shape index (κ1) is 17.0. The van der Waals surface area contributed by atoms with Crippen molar-refractivity contribution >= 4 is 11.9 Å². The Labute approximate surface area is 131 Å². The fraction of sp³-hybridized carbons (Fsp3) is 0.765. The number of ether oxygens (including phenoxy) is 2. The molecule has 0 aromatic carbocycles. The summed E-state index contributed by atoms with van der Waals surface area (Å²) >= 11 is 0. The van der Waals surface area contributed by atoms with Crippen molar-refractivity contribution in [1.82, 2.24) is 0 Å². The second kappa shape index (κ2) is 7.25. The van der Waals surface area contributed by atoms with Crippen LogP contribution >= 0.6 is 0 Å². The average Bonchev–Trinajstić information content (AvgIpc) is 2.98. The molecule has 2 rings (SSSR count). The number of carbonyl (C=O) groups is 2. The Balaban J connectivity index is 1.57. The maximum absolute atomic E-state index is 13.9. The number of fused-ring (bicyclic) bond motifs is 2. The average molecular weight is 312 g/mol. The van der Waals surface area contributed by atoms with E-state index in [1.807, 2.05) is 0 Å². The molecule has 0 saturated heterocycles. The van der Waals surface area contributed by atoms with Crippen molar-refractivity contribution in [3.8, 4) is 0 Å². The third-order valence-electron chi connectivity index (χ3n) is 4.65. The number of hydrogen-bond acceptors (Lipinski definition) is 4. The molecule has 0 amide bonds. The number of alkyl halides is 1. The van der Waals surface area contributed by atoms with Crippen LogP contribution in [-0.2, 0) is 19.1 Å². The van der Waals surface area contributed by atoms with Crippen molar-refractivity contribution < 1.29 is 23.5 Å². The van der Waals surface area contributed by atoms with E-state index in [-0.39, 0.29) is 11.9 Å².